The molecule has 10 heteroatoms. The molecule has 2 saturated carbocycles. The number of hydrogen-bond acceptors (Lipinski definition) is 6. The molecule has 1 aliphatic heterocycles. The molecule has 10 nitrogen and oxygen atoms in total. The molecule has 0 radical (unpaired) electrons. The molecule has 3 heterocycles. The summed E-state index contributed by atoms with van der Waals surface area (Å²) in [6, 6.07) is 0.0550. The average Bonchev–Trinajstić information content (AvgIpc) is 3.47. The zero-order valence-electron chi connectivity index (χ0n) is 17.8. The van der Waals surface area contributed by atoms with Crippen LogP contribution in [0.25, 0.3) is 11.7 Å². The average molecular weight is 441 g/mol. The van der Waals surface area contributed by atoms with E-state index in [9.17, 15) is 19.5 Å². The van der Waals surface area contributed by atoms with Crippen molar-refractivity contribution in [2.45, 2.75) is 44.7 Å². The molecule has 0 atom stereocenters. The summed E-state index contributed by atoms with van der Waals surface area (Å²) >= 11 is 0. The standard InChI is InChI=1S/C22H27N5O5/c28-17(25-8-10-32-11-9-25)7-4-15-12-23-27-20(15)26(13-14-2-1-3-14)21(30)18(22(27)31)19(29)24-16-5-6-16/h4,7,12,14,16,30H,1-3,5-6,8-11,13H2,(H,24,29)/b7-4+. The lowest BCUT2D eigenvalue weighted by atomic mass is 9.85. The highest BCUT2D eigenvalue weighted by molar-refractivity contribution is 5.97. The van der Waals surface area contributed by atoms with Crippen molar-refractivity contribution in [3.8, 4) is 5.88 Å². The van der Waals surface area contributed by atoms with E-state index in [1.54, 1.807) is 15.5 Å². The van der Waals surface area contributed by atoms with E-state index in [0.717, 1.165) is 36.6 Å². The van der Waals surface area contributed by atoms with Gasteiger partial charge in [-0.05, 0) is 37.7 Å². The van der Waals surface area contributed by atoms with E-state index in [1.807, 2.05) is 0 Å². The van der Waals surface area contributed by atoms with Crippen LogP contribution >= 0.6 is 0 Å². The van der Waals surface area contributed by atoms with Crippen LogP contribution in [0, 0.1) is 5.92 Å². The Balaban J connectivity index is 1.54. The second-order valence-electron chi connectivity index (χ2n) is 8.77. The van der Waals surface area contributed by atoms with Crippen molar-refractivity contribution in [3.63, 3.8) is 0 Å². The molecule has 3 fully saturated rings. The summed E-state index contributed by atoms with van der Waals surface area (Å²) in [6.07, 6.45) is 9.46. The third-order valence-corrected chi connectivity index (χ3v) is 6.45. The summed E-state index contributed by atoms with van der Waals surface area (Å²) in [7, 11) is 0. The highest BCUT2D eigenvalue weighted by Crippen LogP contribution is 2.31. The summed E-state index contributed by atoms with van der Waals surface area (Å²) in [4.78, 5) is 40.0. The third kappa shape index (κ3) is 3.90. The first-order valence-electron chi connectivity index (χ1n) is 11.2. The Morgan fingerprint density at radius 1 is 1.22 bits per heavy atom. The predicted molar refractivity (Wildman–Crippen MR) is 115 cm³/mol. The minimum Gasteiger partial charge on any atom is -0.494 e. The lowest BCUT2D eigenvalue weighted by molar-refractivity contribution is -0.129. The van der Waals surface area contributed by atoms with Gasteiger partial charge in [0.15, 0.2) is 5.56 Å². The third-order valence-electron chi connectivity index (χ3n) is 6.45. The van der Waals surface area contributed by atoms with Crippen molar-refractivity contribution in [1.29, 1.82) is 0 Å². The molecule has 1 saturated heterocycles. The Hall–Kier alpha value is -3.14. The summed E-state index contributed by atoms with van der Waals surface area (Å²) in [5.74, 6) is -0.713. The topological polar surface area (TPSA) is 118 Å². The normalized spacial score (nSPS) is 19.4. The van der Waals surface area contributed by atoms with Crippen LogP contribution in [0.15, 0.2) is 17.1 Å². The molecular formula is C22H27N5O5. The van der Waals surface area contributed by atoms with E-state index in [1.165, 1.54) is 12.3 Å². The SMILES string of the molecule is O=C(NC1CC1)c1c(O)n(CC2CCC2)c2c(/C=C/C(=O)N3CCOCC3)cnn2c1=O. The minimum atomic E-state index is -0.667. The van der Waals surface area contributed by atoms with Crippen LogP contribution in [-0.2, 0) is 16.1 Å². The number of hydrogen-bond donors (Lipinski definition) is 2. The maximum Gasteiger partial charge on any atom is 0.291 e. The van der Waals surface area contributed by atoms with Crippen LogP contribution in [0.4, 0.5) is 0 Å². The molecule has 2 aromatic rings. The summed E-state index contributed by atoms with van der Waals surface area (Å²) in [5.41, 5.74) is -0.0349. The first-order valence-corrected chi connectivity index (χ1v) is 11.2. The number of aromatic hydroxyl groups is 1. The van der Waals surface area contributed by atoms with Gasteiger partial charge in [-0.1, -0.05) is 6.42 Å². The maximum absolute atomic E-state index is 13.1. The number of nitrogens with zero attached hydrogens (tertiary/aromatic N) is 4. The van der Waals surface area contributed by atoms with Gasteiger partial charge in [0, 0.05) is 37.3 Å². The van der Waals surface area contributed by atoms with Crippen molar-refractivity contribution in [2.24, 2.45) is 5.92 Å². The van der Waals surface area contributed by atoms with Gasteiger partial charge in [-0.25, -0.2) is 0 Å². The summed E-state index contributed by atoms with van der Waals surface area (Å²) in [5, 5.41) is 18.0. The monoisotopic (exact) mass is 441 g/mol. The maximum atomic E-state index is 13.1. The van der Waals surface area contributed by atoms with Crippen molar-refractivity contribution in [1.82, 2.24) is 24.4 Å². The van der Waals surface area contributed by atoms with Crippen LogP contribution < -0.4 is 10.9 Å². The molecule has 0 unspecified atom stereocenters. The van der Waals surface area contributed by atoms with Crippen molar-refractivity contribution < 1.29 is 19.4 Å². The van der Waals surface area contributed by atoms with Crippen molar-refractivity contribution in [2.75, 3.05) is 26.3 Å². The molecule has 0 aromatic carbocycles. The number of ether oxygens (including phenoxy) is 1. The van der Waals surface area contributed by atoms with Crippen LogP contribution in [0.1, 0.15) is 48.0 Å². The first-order chi connectivity index (χ1) is 15.5. The van der Waals surface area contributed by atoms with E-state index in [4.69, 9.17) is 4.74 Å². The quantitative estimate of drug-likeness (QED) is 0.639. The molecular weight excluding hydrogens is 414 g/mol. The Morgan fingerprint density at radius 2 is 1.97 bits per heavy atom. The van der Waals surface area contributed by atoms with E-state index < -0.39 is 11.5 Å². The molecule has 2 aliphatic carbocycles. The van der Waals surface area contributed by atoms with E-state index in [-0.39, 0.29) is 23.4 Å². The molecule has 3 aliphatic rings. The highest BCUT2D eigenvalue weighted by Gasteiger charge is 2.31. The van der Waals surface area contributed by atoms with Crippen LogP contribution in [0.2, 0.25) is 0 Å². The molecule has 5 rings (SSSR count). The summed E-state index contributed by atoms with van der Waals surface area (Å²) in [6.45, 7) is 2.56. The fourth-order valence-electron chi connectivity index (χ4n) is 4.17. The van der Waals surface area contributed by atoms with Crippen LogP contribution in [0.3, 0.4) is 0 Å². The van der Waals surface area contributed by atoms with E-state index in [0.29, 0.717) is 50.0 Å². The zero-order chi connectivity index (χ0) is 22.2. The molecule has 0 spiro atoms. The van der Waals surface area contributed by atoms with Gasteiger partial charge in [0.05, 0.1) is 19.4 Å². The number of amides is 2. The second kappa shape index (κ2) is 8.42. The van der Waals surface area contributed by atoms with Gasteiger partial charge < -0.3 is 20.1 Å². The molecule has 2 aromatic heterocycles. The highest BCUT2D eigenvalue weighted by atomic mass is 16.5. The number of fused-ring (bicyclic) bond motifs is 1. The zero-order valence-corrected chi connectivity index (χ0v) is 17.8. The molecule has 0 bridgehead atoms. The van der Waals surface area contributed by atoms with E-state index in [2.05, 4.69) is 10.4 Å². The number of rotatable bonds is 6. The van der Waals surface area contributed by atoms with Gasteiger partial charge in [0.1, 0.15) is 5.65 Å². The van der Waals surface area contributed by atoms with Crippen molar-refractivity contribution >= 4 is 23.5 Å². The number of aromatic nitrogens is 3. The van der Waals surface area contributed by atoms with Crippen molar-refractivity contribution in [3.05, 3.63) is 33.8 Å². The van der Waals surface area contributed by atoms with Gasteiger partial charge in [-0.3, -0.25) is 19.0 Å². The number of carbonyl (C=O) groups excluding carboxylic acids is 2. The van der Waals surface area contributed by atoms with Gasteiger partial charge >= 0.3 is 0 Å². The number of carbonyl (C=O) groups is 2. The lowest BCUT2D eigenvalue weighted by Crippen LogP contribution is -2.39. The number of nitrogens with one attached hydrogen (secondary N) is 1. The largest absolute Gasteiger partial charge is 0.494 e. The molecule has 2 amide bonds. The van der Waals surface area contributed by atoms with Gasteiger partial charge in [-0.2, -0.15) is 9.61 Å². The Morgan fingerprint density at radius 3 is 2.62 bits per heavy atom. The predicted octanol–water partition coefficient (Wildman–Crippen LogP) is 0.766. The van der Waals surface area contributed by atoms with Gasteiger partial charge in [-0.15, -0.1) is 0 Å². The van der Waals surface area contributed by atoms with Gasteiger partial charge in [0.25, 0.3) is 11.5 Å². The van der Waals surface area contributed by atoms with E-state index >= 15 is 0 Å². The van der Waals surface area contributed by atoms with Gasteiger partial charge in [0.2, 0.25) is 11.8 Å². The minimum absolute atomic E-state index is 0.0550. The fraction of sp³-hybridized carbons (Fsp3) is 0.545. The second-order valence-corrected chi connectivity index (χ2v) is 8.77. The Labute approximate surface area is 184 Å². The Bertz CT molecular complexity index is 1140. The molecule has 2 N–H and O–H groups in total. The lowest BCUT2D eigenvalue weighted by Gasteiger charge is -2.27. The smallest absolute Gasteiger partial charge is 0.291 e. The van der Waals surface area contributed by atoms with Crippen LogP contribution in [-0.4, -0.2) is 68.3 Å². The summed E-state index contributed by atoms with van der Waals surface area (Å²) < 4.78 is 8.03. The molecule has 170 valence electrons. The fourth-order valence-corrected chi connectivity index (χ4v) is 4.17. The Kier molecular flexibility index (Phi) is 5.46. The van der Waals surface area contributed by atoms with Crippen LogP contribution in [0.5, 0.6) is 5.88 Å². The first kappa shape index (κ1) is 20.7. The number of morpholine rings is 1. The molecule has 32 heavy (non-hydrogen) atoms.